The molecule has 0 saturated carbocycles. The maximum absolute atomic E-state index is 10.1. The Hall–Kier alpha value is -1.97. The van der Waals surface area contributed by atoms with E-state index in [1.807, 2.05) is 0 Å². The van der Waals surface area contributed by atoms with Crippen LogP contribution < -0.4 is 14.2 Å². The van der Waals surface area contributed by atoms with Gasteiger partial charge in [0.25, 0.3) is 0 Å². The van der Waals surface area contributed by atoms with Crippen molar-refractivity contribution in [2.75, 3.05) is 21.3 Å². The number of carbonyl (C=O) groups excluding carboxylic acids is 1. The maximum atomic E-state index is 10.1. The van der Waals surface area contributed by atoms with E-state index < -0.39 is 0 Å². The Morgan fingerprint density at radius 1 is 1.06 bits per heavy atom. The molecule has 0 N–H and O–H groups in total. The van der Waals surface area contributed by atoms with Crippen LogP contribution in [-0.2, 0) is 4.79 Å². The summed E-state index contributed by atoms with van der Waals surface area (Å²) in [7, 11) is 4.60. The first-order valence-corrected chi connectivity index (χ1v) is 4.61. The van der Waals surface area contributed by atoms with Gasteiger partial charge in [-0.3, -0.25) is 4.79 Å². The van der Waals surface area contributed by atoms with Gasteiger partial charge >= 0.3 is 0 Å². The third-order valence-electron chi connectivity index (χ3n) is 2.07. The molecule has 0 heterocycles. The lowest BCUT2D eigenvalue weighted by Gasteiger charge is -2.13. The Kier molecular flexibility index (Phi) is 4.39. The molecule has 0 amide bonds. The molecule has 16 heavy (non-hydrogen) atoms. The highest BCUT2D eigenvalue weighted by Crippen LogP contribution is 2.40. The summed E-state index contributed by atoms with van der Waals surface area (Å²) in [6, 6.07) is 3.51. The van der Waals surface area contributed by atoms with Gasteiger partial charge in [0.2, 0.25) is 12.0 Å². The monoisotopic (exact) mass is 221 g/mol. The number of rotatable bonds is 5. The SMILES string of the molecule is COc1ccc(/C=C/[C]=O)c(OC)c1OC. The predicted octanol–water partition coefficient (Wildman–Crippen LogP) is 1.84. The van der Waals surface area contributed by atoms with Crippen molar-refractivity contribution in [3.05, 3.63) is 23.8 Å². The molecular weight excluding hydrogens is 208 g/mol. The quantitative estimate of drug-likeness (QED) is 0.711. The molecule has 0 spiro atoms. The van der Waals surface area contributed by atoms with Crippen molar-refractivity contribution in [2.45, 2.75) is 0 Å². The van der Waals surface area contributed by atoms with Gasteiger partial charge < -0.3 is 14.2 Å². The van der Waals surface area contributed by atoms with Crippen molar-refractivity contribution in [1.82, 2.24) is 0 Å². The standard InChI is InChI=1S/C12H13O4/c1-14-10-7-6-9(5-4-8-13)11(15-2)12(10)16-3/h4-7H,1-3H3/b5-4+. The van der Waals surface area contributed by atoms with E-state index in [9.17, 15) is 4.79 Å². The van der Waals surface area contributed by atoms with E-state index in [1.54, 1.807) is 31.6 Å². The number of hydrogen-bond acceptors (Lipinski definition) is 4. The fraction of sp³-hybridized carbons (Fsp3) is 0.250. The summed E-state index contributed by atoms with van der Waals surface area (Å²) >= 11 is 0. The topological polar surface area (TPSA) is 44.8 Å². The molecule has 85 valence electrons. The first kappa shape index (κ1) is 12.1. The summed E-state index contributed by atoms with van der Waals surface area (Å²) in [5.74, 6) is 1.60. The minimum absolute atomic E-state index is 0.498. The zero-order valence-corrected chi connectivity index (χ0v) is 9.44. The van der Waals surface area contributed by atoms with E-state index in [2.05, 4.69) is 0 Å². The lowest BCUT2D eigenvalue weighted by molar-refractivity contribution is 0.324. The van der Waals surface area contributed by atoms with Crippen LogP contribution in [0.25, 0.3) is 6.08 Å². The van der Waals surface area contributed by atoms with Crippen LogP contribution in [0.5, 0.6) is 17.2 Å². The summed E-state index contributed by atoms with van der Waals surface area (Å²) in [5.41, 5.74) is 0.725. The minimum atomic E-state index is 0.498. The van der Waals surface area contributed by atoms with E-state index in [0.717, 1.165) is 5.56 Å². The second-order valence-electron chi connectivity index (χ2n) is 2.87. The largest absolute Gasteiger partial charge is 0.493 e. The molecule has 1 rings (SSSR count). The molecule has 4 nitrogen and oxygen atoms in total. The summed E-state index contributed by atoms with van der Waals surface area (Å²) in [4.78, 5) is 10.1. The van der Waals surface area contributed by atoms with Crippen LogP contribution in [0.4, 0.5) is 0 Å². The van der Waals surface area contributed by atoms with Crippen LogP contribution in [0.2, 0.25) is 0 Å². The van der Waals surface area contributed by atoms with E-state index in [4.69, 9.17) is 14.2 Å². The number of methoxy groups -OCH3 is 3. The lowest BCUT2D eigenvalue weighted by atomic mass is 10.1. The molecule has 0 bridgehead atoms. The highest BCUT2D eigenvalue weighted by molar-refractivity contribution is 5.77. The van der Waals surface area contributed by atoms with Gasteiger partial charge in [-0.25, -0.2) is 0 Å². The van der Waals surface area contributed by atoms with Gasteiger partial charge in [0.1, 0.15) is 0 Å². The fourth-order valence-corrected chi connectivity index (χ4v) is 1.38. The summed E-state index contributed by atoms with van der Waals surface area (Å²) in [5, 5.41) is 0. The average molecular weight is 221 g/mol. The Morgan fingerprint density at radius 2 is 1.75 bits per heavy atom. The van der Waals surface area contributed by atoms with E-state index >= 15 is 0 Å². The molecule has 0 fully saturated rings. The second-order valence-corrected chi connectivity index (χ2v) is 2.87. The first-order valence-electron chi connectivity index (χ1n) is 4.61. The molecule has 1 radical (unpaired) electrons. The van der Waals surface area contributed by atoms with Crippen LogP contribution in [0.1, 0.15) is 5.56 Å². The summed E-state index contributed by atoms with van der Waals surface area (Å²) in [6.07, 6.45) is 4.53. The lowest BCUT2D eigenvalue weighted by Crippen LogP contribution is -1.96. The van der Waals surface area contributed by atoms with Gasteiger partial charge in [-0.15, -0.1) is 0 Å². The van der Waals surface area contributed by atoms with E-state index in [-0.39, 0.29) is 0 Å². The predicted molar refractivity (Wildman–Crippen MR) is 60.8 cm³/mol. The van der Waals surface area contributed by atoms with Gasteiger partial charge in [0.05, 0.1) is 21.3 Å². The zero-order valence-electron chi connectivity index (χ0n) is 9.44. The molecular formula is C12H13O4. The van der Waals surface area contributed by atoms with Gasteiger partial charge in [-0.1, -0.05) is 0 Å². The molecule has 0 atom stereocenters. The third-order valence-corrected chi connectivity index (χ3v) is 2.07. The van der Waals surface area contributed by atoms with Gasteiger partial charge in [0, 0.05) is 5.56 Å². The summed E-state index contributed by atoms with van der Waals surface area (Å²) < 4.78 is 15.5. The number of ether oxygens (including phenoxy) is 3. The van der Waals surface area contributed by atoms with Crippen molar-refractivity contribution in [1.29, 1.82) is 0 Å². The van der Waals surface area contributed by atoms with Gasteiger partial charge in [-0.05, 0) is 24.3 Å². The number of hydrogen-bond donors (Lipinski definition) is 0. The van der Waals surface area contributed by atoms with Crippen LogP contribution in [0.15, 0.2) is 18.2 Å². The van der Waals surface area contributed by atoms with Crippen LogP contribution in [0.3, 0.4) is 0 Å². The normalized spacial score (nSPS) is 10.2. The molecule has 0 unspecified atom stereocenters. The van der Waals surface area contributed by atoms with Crippen molar-refractivity contribution in [3.63, 3.8) is 0 Å². The zero-order chi connectivity index (χ0) is 12.0. The van der Waals surface area contributed by atoms with Gasteiger partial charge in [0.15, 0.2) is 11.5 Å². The van der Waals surface area contributed by atoms with Crippen molar-refractivity contribution in [2.24, 2.45) is 0 Å². The van der Waals surface area contributed by atoms with Gasteiger partial charge in [-0.2, -0.15) is 0 Å². The number of benzene rings is 1. The Bertz CT molecular complexity index is 396. The highest BCUT2D eigenvalue weighted by atomic mass is 16.5. The van der Waals surface area contributed by atoms with Crippen molar-refractivity contribution >= 4 is 12.4 Å². The first-order chi connectivity index (χ1) is 7.78. The fourth-order valence-electron chi connectivity index (χ4n) is 1.38. The maximum Gasteiger partial charge on any atom is 0.225 e. The number of allylic oxidation sites excluding steroid dienone is 1. The third kappa shape index (κ3) is 2.34. The van der Waals surface area contributed by atoms with Crippen LogP contribution >= 0.6 is 0 Å². The molecule has 1 aromatic rings. The molecule has 1 aromatic carbocycles. The van der Waals surface area contributed by atoms with Crippen LogP contribution in [-0.4, -0.2) is 27.6 Å². The Morgan fingerprint density at radius 3 is 2.25 bits per heavy atom. The van der Waals surface area contributed by atoms with Crippen LogP contribution in [0, 0.1) is 0 Å². The Labute approximate surface area is 94.4 Å². The molecule has 0 aromatic heterocycles. The van der Waals surface area contributed by atoms with E-state index in [1.165, 1.54) is 20.3 Å². The molecule has 0 aliphatic carbocycles. The smallest absolute Gasteiger partial charge is 0.225 e. The average Bonchev–Trinajstić information content (AvgIpc) is 2.34. The molecule has 0 saturated heterocycles. The van der Waals surface area contributed by atoms with E-state index in [0.29, 0.717) is 17.2 Å². The highest BCUT2D eigenvalue weighted by Gasteiger charge is 2.13. The van der Waals surface area contributed by atoms with Crippen molar-refractivity contribution in [3.8, 4) is 17.2 Å². The summed E-state index contributed by atoms with van der Waals surface area (Å²) in [6.45, 7) is 0. The Balaban J connectivity index is 3.30. The molecule has 0 aliphatic rings. The molecule has 0 aliphatic heterocycles. The molecule has 4 heteroatoms. The second kappa shape index (κ2) is 5.80. The minimum Gasteiger partial charge on any atom is -0.493 e. The van der Waals surface area contributed by atoms with Crippen molar-refractivity contribution < 1.29 is 19.0 Å².